The third-order valence-corrected chi connectivity index (χ3v) is 4.49. The molecule has 0 unspecified atom stereocenters. The highest BCUT2D eigenvalue weighted by atomic mass is 32.2. The van der Waals surface area contributed by atoms with Crippen molar-refractivity contribution in [1.82, 2.24) is 30.2 Å². The predicted molar refractivity (Wildman–Crippen MR) is 89.2 cm³/mol. The first kappa shape index (κ1) is 14.7. The molecule has 0 radical (unpaired) electrons. The van der Waals surface area contributed by atoms with Crippen LogP contribution in [0.15, 0.2) is 64.5 Å². The minimum atomic E-state index is 0.597. The molecule has 0 aliphatic heterocycles. The number of nitrogens with zero attached hydrogens (tertiary/aromatic N) is 5. The highest BCUT2D eigenvalue weighted by molar-refractivity contribution is 7.98. The minimum Gasteiger partial charge on any atom is -0.467 e. The number of thioether (sulfide) groups is 1. The molecule has 24 heavy (non-hydrogen) atoms. The summed E-state index contributed by atoms with van der Waals surface area (Å²) in [5, 5.41) is 14.9. The summed E-state index contributed by atoms with van der Waals surface area (Å²) < 4.78 is 7.64. The fourth-order valence-electron chi connectivity index (χ4n) is 2.40. The van der Waals surface area contributed by atoms with Crippen molar-refractivity contribution >= 4 is 11.8 Å². The van der Waals surface area contributed by atoms with Gasteiger partial charge in [-0.05, 0) is 17.7 Å². The summed E-state index contributed by atoms with van der Waals surface area (Å²) in [6.45, 7) is 0.617. The van der Waals surface area contributed by atoms with Crippen LogP contribution < -0.4 is 0 Å². The van der Waals surface area contributed by atoms with E-state index in [-0.39, 0.29) is 0 Å². The van der Waals surface area contributed by atoms with E-state index in [4.69, 9.17) is 4.42 Å². The molecule has 1 N–H and O–H groups in total. The number of hydrogen-bond donors (Lipinski definition) is 1. The summed E-state index contributed by atoms with van der Waals surface area (Å²) in [6.07, 6.45) is 3.57. The summed E-state index contributed by atoms with van der Waals surface area (Å²) in [5.41, 5.74) is 2.16. The van der Waals surface area contributed by atoms with Crippen LogP contribution in [0.25, 0.3) is 11.3 Å². The molecule has 0 spiro atoms. The van der Waals surface area contributed by atoms with E-state index in [1.54, 1.807) is 18.0 Å². The van der Waals surface area contributed by atoms with Crippen LogP contribution in [0.3, 0.4) is 0 Å². The van der Waals surface area contributed by atoms with Crippen LogP contribution in [0.4, 0.5) is 0 Å². The molecular weight excluding hydrogens is 324 g/mol. The van der Waals surface area contributed by atoms with E-state index in [1.165, 1.54) is 0 Å². The van der Waals surface area contributed by atoms with E-state index in [9.17, 15) is 0 Å². The quantitative estimate of drug-likeness (QED) is 0.544. The van der Waals surface area contributed by atoms with E-state index in [0.717, 1.165) is 22.2 Å². The fraction of sp³-hybridized carbons (Fsp3) is 0.125. The van der Waals surface area contributed by atoms with Crippen molar-refractivity contribution in [2.24, 2.45) is 0 Å². The van der Waals surface area contributed by atoms with Gasteiger partial charge < -0.3 is 8.98 Å². The maximum Gasteiger partial charge on any atom is 0.184 e. The molecule has 0 aliphatic rings. The first-order valence-electron chi connectivity index (χ1n) is 7.38. The second kappa shape index (κ2) is 6.71. The van der Waals surface area contributed by atoms with Crippen molar-refractivity contribution in [3.8, 4) is 11.3 Å². The third kappa shape index (κ3) is 3.09. The standard InChI is InChI=1S/C16H14N6OS/c1-2-5-12(6-3-1)14-9-17-16(24-11-15-18-20-21-19-15)22(14)10-13-7-4-8-23-13/h1-9H,10-11H2,(H,18,19,20,21). The summed E-state index contributed by atoms with van der Waals surface area (Å²) in [6, 6.07) is 14.0. The van der Waals surface area contributed by atoms with Gasteiger partial charge in [-0.25, -0.2) is 4.98 Å². The molecule has 4 rings (SSSR count). The Balaban J connectivity index is 1.66. The predicted octanol–water partition coefficient (Wildman–Crippen LogP) is 3.00. The van der Waals surface area contributed by atoms with Crippen molar-refractivity contribution < 1.29 is 4.42 Å². The number of rotatable bonds is 6. The van der Waals surface area contributed by atoms with E-state index in [2.05, 4.69) is 42.3 Å². The van der Waals surface area contributed by atoms with Crippen LogP contribution in [0, 0.1) is 0 Å². The monoisotopic (exact) mass is 338 g/mol. The largest absolute Gasteiger partial charge is 0.467 e. The van der Waals surface area contributed by atoms with Crippen molar-refractivity contribution in [2.75, 3.05) is 0 Å². The molecule has 0 fully saturated rings. The second-order valence-electron chi connectivity index (χ2n) is 5.07. The van der Waals surface area contributed by atoms with Crippen molar-refractivity contribution in [3.63, 3.8) is 0 Å². The molecule has 0 amide bonds. The number of hydrogen-bond acceptors (Lipinski definition) is 6. The lowest BCUT2D eigenvalue weighted by atomic mass is 10.2. The van der Waals surface area contributed by atoms with Crippen molar-refractivity contribution in [1.29, 1.82) is 0 Å². The molecule has 7 nitrogen and oxygen atoms in total. The lowest BCUT2D eigenvalue weighted by Gasteiger charge is -2.10. The lowest BCUT2D eigenvalue weighted by molar-refractivity contribution is 0.485. The van der Waals surface area contributed by atoms with Crippen molar-refractivity contribution in [3.05, 3.63) is 66.5 Å². The summed E-state index contributed by atoms with van der Waals surface area (Å²) in [4.78, 5) is 4.57. The smallest absolute Gasteiger partial charge is 0.184 e. The maximum atomic E-state index is 5.51. The van der Waals surface area contributed by atoms with Gasteiger partial charge in [-0.3, -0.25) is 0 Å². The molecule has 0 aliphatic carbocycles. The highest BCUT2D eigenvalue weighted by Gasteiger charge is 2.14. The van der Waals surface area contributed by atoms with Gasteiger partial charge in [0.15, 0.2) is 11.0 Å². The number of furan rings is 1. The molecule has 0 saturated carbocycles. The zero-order chi connectivity index (χ0) is 16.2. The molecule has 0 bridgehead atoms. The summed E-state index contributed by atoms with van der Waals surface area (Å²) >= 11 is 1.57. The molecule has 4 aromatic rings. The van der Waals surface area contributed by atoms with Gasteiger partial charge in [0, 0.05) is 0 Å². The van der Waals surface area contributed by atoms with Gasteiger partial charge in [-0.1, -0.05) is 47.3 Å². The first-order chi connectivity index (χ1) is 11.9. The Kier molecular flexibility index (Phi) is 4.11. The molecule has 3 heterocycles. The van der Waals surface area contributed by atoms with E-state index < -0.39 is 0 Å². The number of benzene rings is 1. The number of H-pyrrole nitrogens is 1. The average molecular weight is 338 g/mol. The van der Waals surface area contributed by atoms with Crippen LogP contribution in [-0.4, -0.2) is 30.2 Å². The zero-order valence-electron chi connectivity index (χ0n) is 12.7. The molecular formula is C16H14N6OS. The van der Waals surface area contributed by atoms with Crippen LogP contribution in [0.2, 0.25) is 0 Å². The topological polar surface area (TPSA) is 85.4 Å². The van der Waals surface area contributed by atoms with E-state index in [0.29, 0.717) is 18.1 Å². The Morgan fingerprint density at radius 3 is 2.79 bits per heavy atom. The van der Waals surface area contributed by atoms with Gasteiger partial charge in [-0.15, -0.1) is 10.2 Å². The number of imidazole rings is 1. The van der Waals surface area contributed by atoms with Crippen LogP contribution >= 0.6 is 11.8 Å². The Hall–Kier alpha value is -2.87. The number of nitrogens with one attached hydrogen (secondary N) is 1. The molecule has 0 atom stereocenters. The average Bonchev–Trinajstić information content (AvgIpc) is 3.37. The number of tetrazole rings is 1. The molecule has 1 aromatic carbocycles. The SMILES string of the molecule is c1ccc(-c2cnc(SCc3nn[nH]n3)n2Cc2ccco2)cc1. The van der Waals surface area contributed by atoms with Crippen LogP contribution in [0.5, 0.6) is 0 Å². The Morgan fingerprint density at radius 2 is 2.04 bits per heavy atom. The van der Waals surface area contributed by atoms with Gasteiger partial charge in [-0.2, -0.15) is 5.21 Å². The zero-order valence-corrected chi connectivity index (χ0v) is 13.5. The van der Waals surface area contributed by atoms with E-state index >= 15 is 0 Å². The van der Waals surface area contributed by atoms with Crippen LogP contribution in [-0.2, 0) is 12.3 Å². The first-order valence-corrected chi connectivity index (χ1v) is 8.37. The fourth-order valence-corrected chi connectivity index (χ4v) is 3.22. The highest BCUT2D eigenvalue weighted by Crippen LogP contribution is 2.28. The lowest BCUT2D eigenvalue weighted by Crippen LogP contribution is -2.03. The minimum absolute atomic E-state index is 0.597. The number of aromatic amines is 1. The Bertz CT molecular complexity index is 886. The normalized spacial score (nSPS) is 11.0. The summed E-state index contributed by atoms with van der Waals surface area (Å²) in [7, 11) is 0. The molecule has 0 saturated heterocycles. The third-order valence-electron chi connectivity index (χ3n) is 3.50. The van der Waals surface area contributed by atoms with Gasteiger partial charge in [0.2, 0.25) is 0 Å². The van der Waals surface area contributed by atoms with Crippen LogP contribution in [0.1, 0.15) is 11.6 Å². The van der Waals surface area contributed by atoms with E-state index in [1.807, 2.05) is 36.5 Å². The molecule has 8 heteroatoms. The van der Waals surface area contributed by atoms with Gasteiger partial charge in [0.05, 0.1) is 30.5 Å². The second-order valence-corrected chi connectivity index (χ2v) is 6.02. The maximum absolute atomic E-state index is 5.51. The summed E-state index contributed by atoms with van der Waals surface area (Å²) in [5.74, 6) is 2.13. The number of aromatic nitrogens is 6. The van der Waals surface area contributed by atoms with Gasteiger partial charge in [0.1, 0.15) is 5.76 Å². The van der Waals surface area contributed by atoms with Crippen molar-refractivity contribution in [2.45, 2.75) is 17.5 Å². The Labute approximate surface area is 142 Å². The van der Waals surface area contributed by atoms with Gasteiger partial charge in [0.25, 0.3) is 0 Å². The van der Waals surface area contributed by atoms with Gasteiger partial charge >= 0.3 is 0 Å². The molecule has 3 aromatic heterocycles. The Morgan fingerprint density at radius 1 is 1.12 bits per heavy atom. The molecule has 120 valence electrons.